The number of nitrogen functional groups attached to an aromatic ring is 1. The molecular formula is C8H10Cl2N2OS. The van der Waals surface area contributed by atoms with E-state index in [9.17, 15) is 0 Å². The maximum Gasteiger partial charge on any atom is 0.143 e. The van der Waals surface area contributed by atoms with E-state index in [4.69, 9.17) is 34.0 Å². The van der Waals surface area contributed by atoms with Gasteiger partial charge < -0.3 is 10.8 Å². The van der Waals surface area contributed by atoms with Crippen molar-refractivity contribution in [2.24, 2.45) is 0 Å². The van der Waals surface area contributed by atoms with E-state index in [-0.39, 0.29) is 17.7 Å². The molecule has 0 aliphatic carbocycles. The highest BCUT2D eigenvalue weighted by atomic mass is 35.5. The zero-order valence-corrected chi connectivity index (χ0v) is 9.83. The Morgan fingerprint density at radius 1 is 1.57 bits per heavy atom. The molecular weight excluding hydrogens is 243 g/mol. The first-order valence-corrected chi connectivity index (χ1v) is 5.57. The summed E-state index contributed by atoms with van der Waals surface area (Å²) >= 11 is 13.0. The number of nitrogens with zero attached hydrogens (tertiary/aromatic N) is 1. The number of aromatic nitrogens is 1. The van der Waals surface area contributed by atoms with Crippen LogP contribution in [0.25, 0.3) is 0 Å². The van der Waals surface area contributed by atoms with Crippen molar-refractivity contribution in [3.8, 4) is 0 Å². The molecule has 78 valence electrons. The van der Waals surface area contributed by atoms with Gasteiger partial charge in [-0.3, -0.25) is 0 Å². The second kappa shape index (κ2) is 5.07. The van der Waals surface area contributed by atoms with Crippen molar-refractivity contribution in [2.75, 3.05) is 12.3 Å². The lowest BCUT2D eigenvalue weighted by Gasteiger charge is -2.09. The van der Waals surface area contributed by atoms with Crippen LogP contribution in [0.5, 0.6) is 0 Å². The van der Waals surface area contributed by atoms with E-state index < -0.39 is 0 Å². The molecule has 0 spiro atoms. The van der Waals surface area contributed by atoms with Crippen LogP contribution < -0.4 is 5.73 Å². The Bertz CT molecular complexity index is 335. The summed E-state index contributed by atoms with van der Waals surface area (Å²) in [5, 5.41) is 10.3. The highest BCUT2D eigenvalue weighted by Gasteiger charge is 2.10. The fourth-order valence-electron chi connectivity index (χ4n) is 0.774. The molecule has 1 unspecified atom stereocenters. The summed E-state index contributed by atoms with van der Waals surface area (Å²) < 4.78 is 0. The first-order valence-electron chi connectivity index (χ1n) is 3.93. The van der Waals surface area contributed by atoms with Crippen molar-refractivity contribution in [3.05, 3.63) is 16.1 Å². The van der Waals surface area contributed by atoms with Gasteiger partial charge in [-0.25, -0.2) is 4.98 Å². The highest BCUT2D eigenvalue weighted by Crippen LogP contribution is 2.32. The van der Waals surface area contributed by atoms with Crippen LogP contribution in [0.4, 0.5) is 5.82 Å². The SMILES string of the molecule is CC(CO)Sc1nc(N)c(Cl)cc1Cl. The minimum absolute atomic E-state index is 0.0283. The molecule has 0 radical (unpaired) electrons. The third-order valence-electron chi connectivity index (χ3n) is 1.49. The monoisotopic (exact) mass is 252 g/mol. The van der Waals surface area contributed by atoms with E-state index in [2.05, 4.69) is 4.98 Å². The number of thioether (sulfide) groups is 1. The van der Waals surface area contributed by atoms with E-state index in [0.29, 0.717) is 15.1 Å². The second-order valence-electron chi connectivity index (χ2n) is 2.75. The van der Waals surface area contributed by atoms with Gasteiger partial charge in [0.05, 0.1) is 16.7 Å². The van der Waals surface area contributed by atoms with Crippen molar-refractivity contribution in [3.63, 3.8) is 0 Å². The largest absolute Gasteiger partial charge is 0.395 e. The lowest BCUT2D eigenvalue weighted by atomic mass is 10.5. The molecule has 1 aromatic rings. The fraction of sp³-hybridized carbons (Fsp3) is 0.375. The van der Waals surface area contributed by atoms with E-state index in [1.54, 1.807) is 6.07 Å². The minimum atomic E-state index is 0.0283. The molecule has 1 aromatic heterocycles. The molecule has 0 saturated heterocycles. The summed E-state index contributed by atoms with van der Waals surface area (Å²) in [7, 11) is 0. The zero-order chi connectivity index (χ0) is 10.7. The zero-order valence-electron chi connectivity index (χ0n) is 7.50. The van der Waals surface area contributed by atoms with Crippen molar-refractivity contribution in [1.29, 1.82) is 0 Å². The van der Waals surface area contributed by atoms with E-state index >= 15 is 0 Å². The topological polar surface area (TPSA) is 59.1 Å². The molecule has 0 aliphatic rings. The third-order valence-corrected chi connectivity index (χ3v) is 3.28. The Balaban J connectivity index is 2.92. The van der Waals surface area contributed by atoms with Gasteiger partial charge in [0.25, 0.3) is 0 Å². The van der Waals surface area contributed by atoms with Crippen LogP contribution >= 0.6 is 35.0 Å². The maximum atomic E-state index is 8.86. The van der Waals surface area contributed by atoms with Gasteiger partial charge in [-0.2, -0.15) is 0 Å². The van der Waals surface area contributed by atoms with Crippen LogP contribution in [0, 0.1) is 0 Å². The second-order valence-corrected chi connectivity index (χ2v) is 4.99. The molecule has 3 nitrogen and oxygen atoms in total. The Labute approximate surface area is 96.6 Å². The number of anilines is 1. The van der Waals surface area contributed by atoms with Crippen LogP contribution in [-0.2, 0) is 0 Å². The summed E-state index contributed by atoms with van der Waals surface area (Å²) in [6, 6.07) is 1.55. The summed E-state index contributed by atoms with van der Waals surface area (Å²) in [6.45, 7) is 1.93. The van der Waals surface area contributed by atoms with Gasteiger partial charge in [0.1, 0.15) is 10.8 Å². The van der Waals surface area contributed by atoms with E-state index in [1.165, 1.54) is 11.8 Å². The summed E-state index contributed by atoms with van der Waals surface area (Å²) in [5.41, 5.74) is 5.53. The lowest BCUT2D eigenvalue weighted by Crippen LogP contribution is -2.03. The molecule has 1 atom stereocenters. The molecule has 0 amide bonds. The average molecular weight is 253 g/mol. The Hall–Kier alpha value is -0.160. The van der Waals surface area contributed by atoms with Crippen molar-refractivity contribution >= 4 is 40.8 Å². The molecule has 1 heterocycles. The van der Waals surface area contributed by atoms with Crippen molar-refractivity contribution < 1.29 is 5.11 Å². The number of aliphatic hydroxyl groups excluding tert-OH is 1. The quantitative estimate of drug-likeness (QED) is 0.812. The fourth-order valence-corrected chi connectivity index (χ4v) is 2.04. The normalized spacial score (nSPS) is 12.9. The summed E-state index contributed by atoms with van der Waals surface area (Å²) in [6.07, 6.45) is 0. The van der Waals surface area contributed by atoms with Crippen molar-refractivity contribution in [2.45, 2.75) is 17.2 Å². The molecule has 0 fully saturated rings. The number of rotatable bonds is 3. The molecule has 1 rings (SSSR count). The van der Waals surface area contributed by atoms with Gasteiger partial charge in [0, 0.05) is 5.25 Å². The van der Waals surface area contributed by atoms with E-state index in [1.807, 2.05) is 6.92 Å². The molecule has 0 aromatic carbocycles. The van der Waals surface area contributed by atoms with Crippen LogP contribution in [0.15, 0.2) is 11.1 Å². The number of aliphatic hydroxyl groups is 1. The summed E-state index contributed by atoms with van der Waals surface area (Å²) in [4.78, 5) is 4.03. The Morgan fingerprint density at radius 2 is 2.21 bits per heavy atom. The predicted octanol–water partition coefficient (Wildman–Crippen LogP) is 2.44. The molecule has 0 saturated carbocycles. The first-order chi connectivity index (χ1) is 6.54. The van der Waals surface area contributed by atoms with Crippen LogP contribution in [0.2, 0.25) is 10.0 Å². The lowest BCUT2D eigenvalue weighted by molar-refractivity contribution is 0.300. The number of hydrogen-bond acceptors (Lipinski definition) is 4. The molecule has 3 N–H and O–H groups in total. The number of pyridine rings is 1. The Morgan fingerprint density at radius 3 is 2.79 bits per heavy atom. The first kappa shape index (κ1) is 11.9. The van der Waals surface area contributed by atoms with Crippen molar-refractivity contribution in [1.82, 2.24) is 4.98 Å². The number of halogens is 2. The van der Waals surface area contributed by atoms with Gasteiger partial charge >= 0.3 is 0 Å². The van der Waals surface area contributed by atoms with Crippen LogP contribution in [-0.4, -0.2) is 21.9 Å². The third kappa shape index (κ3) is 2.92. The van der Waals surface area contributed by atoms with Crippen LogP contribution in [0.1, 0.15) is 6.92 Å². The van der Waals surface area contributed by atoms with Gasteiger partial charge in [0.15, 0.2) is 0 Å². The molecule has 0 bridgehead atoms. The minimum Gasteiger partial charge on any atom is -0.395 e. The van der Waals surface area contributed by atoms with Gasteiger partial charge in [-0.1, -0.05) is 41.9 Å². The number of nitrogens with two attached hydrogens (primary N) is 1. The van der Waals surface area contributed by atoms with Crippen LogP contribution in [0.3, 0.4) is 0 Å². The van der Waals surface area contributed by atoms with E-state index in [0.717, 1.165) is 0 Å². The Kier molecular flexibility index (Phi) is 4.31. The average Bonchev–Trinajstić information content (AvgIpc) is 2.14. The molecule has 6 heteroatoms. The smallest absolute Gasteiger partial charge is 0.143 e. The van der Waals surface area contributed by atoms with Gasteiger partial charge in [0.2, 0.25) is 0 Å². The summed E-state index contributed by atoms with van der Waals surface area (Å²) in [5.74, 6) is 0.253. The van der Waals surface area contributed by atoms with Gasteiger partial charge in [-0.15, -0.1) is 0 Å². The molecule has 0 aliphatic heterocycles. The van der Waals surface area contributed by atoms with Gasteiger partial charge in [-0.05, 0) is 6.07 Å². The highest BCUT2D eigenvalue weighted by molar-refractivity contribution is 8.00. The standard InChI is InChI=1S/C8H10Cl2N2OS/c1-4(3-13)14-8-6(10)2-5(9)7(11)12-8/h2,4,13H,3H2,1H3,(H2,11,12). The number of hydrogen-bond donors (Lipinski definition) is 2. The molecule has 14 heavy (non-hydrogen) atoms. The predicted molar refractivity (Wildman–Crippen MR) is 61.1 cm³/mol. The maximum absolute atomic E-state index is 8.86.